The summed E-state index contributed by atoms with van der Waals surface area (Å²) in [5.74, 6) is -0.692. The van der Waals surface area contributed by atoms with Crippen LogP contribution in [0.15, 0.2) is 82.2 Å². The Labute approximate surface area is 210 Å². The lowest BCUT2D eigenvalue weighted by atomic mass is 10.1. The molecule has 0 spiro atoms. The minimum atomic E-state index is -0.358. The third-order valence-electron chi connectivity index (χ3n) is 5.95. The van der Waals surface area contributed by atoms with Crippen LogP contribution in [0, 0.1) is 13.8 Å². The minimum Gasteiger partial charge on any atom is -0.350 e. The third-order valence-corrected chi connectivity index (χ3v) is 7.30. The molecule has 0 fully saturated rings. The summed E-state index contributed by atoms with van der Waals surface area (Å²) in [6.07, 6.45) is 3.20. The van der Waals surface area contributed by atoms with Gasteiger partial charge < -0.3 is 5.32 Å². The summed E-state index contributed by atoms with van der Waals surface area (Å²) in [5, 5.41) is 3.89. The van der Waals surface area contributed by atoms with Gasteiger partial charge in [-0.2, -0.15) is 0 Å². The van der Waals surface area contributed by atoms with Crippen LogP contribution in [-0.4, -0.2) is 11.8 Å². The molecular formula is C28H27ClN2O2S. The van der Waals surface area contributed by atoms with Crippen molar-refractivity contribution in [2.45, 2.75) is 44.9 Å². The standard InChI is InChI=1S/C28H27ClN2O2S/c1-4-5-8-20-10-14-22(15-11-20)31-27(32)25(30-24-9-6-7-18(2)19(24)3)26(28(31)33)34-23-16-12-21(29)13-17-23/h6-7,9-17,30H,4-5,8H2,1-3H3. The number of unbranched alkanes of at least 4 members (excludes halogenated alkanes) is 1. The van der Waals surface area contributed by atoms with Crippen molar-refractivity contribution in [2.24, 2.45) is 0 Å². The first-order valence-electron chi connectivity index (χ1n) is 11.4. The molecule has 0 saturated carbocycles. The van der Waals surface area contributed by atoms with Crippen molar-refractivity contribution in [1.82, 2.24) is 0 Å². The first kappa shape index (κ1) is 24.1. The van der Waals surface area contributed by atoms with E-state index in [1.54, 1.807) is 12.1 Å². The van der Waals surface area contributed by atoms with Crippen molar-refractivity contribution in [2.75, 3.05) is 10.2 Å². The van der Waals surface area contributed by atoms with E-state index < -0.39 is 0 Å². The Morgan fingerprint density at radius 3 is 2.29 bits per heavy atom. The lowest BCUT2D eigenvalue weighted by Gasteiger charge is -2.16. The lowest BCUT2D eigenvalue weighted by Crippen LogP contribution is -2.32. The van der Waals surface area contributed by atoms with Gasteiger partial charge in [0.1, 0.15) is 10.6 Å². The number of hydrogen-bond acceptors (Lipinski definition) is 4. The zero-order valence-corrected chi connectivity index (χ0v) is 21.1. The molecule has 3 aromatic rings. The van der Waals surface area contributed by atoms with E-state index in [1.807, 2.05) is 68.4 Å². The lowest BCUT2D eigenvalue weighted by molar-refractivity contribution is -0.120. The number of carbonyl (C=O) groups excluding carboxylic acids is 2. The van der Waals surface area contributed by atoms with E-state index in [-0.39, 0.29) is 17.5 Å². The molecule has 1 heterocycles. The number of hydrogen-bond donors (Lipinski definition) is 1. The van der Waals surface area contributed by atoms with E-state index in [9.17, 15) is 9.59 Å². The summed E-state index contributed by atoms with van der Waals surface area (Å²) in [6, 6.07) is 20.8. The molecule has 1 N–H and O–H groups in total. The van der Waals surface area contributed by atoms with Gasteiger partial charge in [0.05, 0.1) is 5.69 Å². The number of nitrogens with one attached hydrogen (secondary N) is 1. The Balaban J connectivity index is 1.70. The van der Waals surface area contributed by atoms with E-state index in [1.165, 1.54) is 22.2 Å². The molecule has 6 heteroatoms. The number of carbonyl (C=O) groups is 2. The molecule has 174 valence electrons. The Morgan fingerprint density at radius 2 is 1.62 bits per heavy atom. The van der Waals surface area contributed by atoms with Crippen molar-refractivity contribution in [1.29, 1.82) is 0 Å². The van der Waals surface area contributed by atoms with Crippen molar-refractivity contribution in [3.8, 4) is 0 Å². The monoisotopic (exact) mass is 490 g/mol. The number of anilines is 2. The zero-order valence-electron chi connectivity index (χ0n) is 19.5. The van der Waals surface area contributed by atoms with Gasteiger partial charge in [0.2, 0.25) is 0 Å². The molecule has 4 rings (SSSR count). The second-order valence-electron chi connectivity index (χ2n) is 8.35. The number of imide groups is 1. The Hall–Kier alpha value is -3.02. The number of benzene rings is 3. The van der Waals surface area contributed by atoms with Crippen LogP contribution in [0.5, 0.6) is 0 Å². The number of nitrogens with zero attached hydrogens (tertiary/aromatic N) is 1. The Bertz CT molecular complexity index is 1250. The fraction of sp³-hybridized carbons (Fsp3) is 0.214. The highest BCUT2D eigenvalue weighted by molar-refractivity contribution is 8.04. The van der Waals surface area contributed by atoms with Crippen molar-refractivity contribution >= 4 is 46.6 Å². The predicted octanol–water partition coefficient (Wildman–Crippen LogP) is 7.29. The van der Waals surface area contributed by atoms with Gasteiger partial charge in [-0.15, -0.1) is 0 Å². The number of amides is 2. The summed E-state index contributed by atoms with van der Waals surface area (Å²) in [4.78, 5) is 29.6. The van der Waals surface area contributed by atoms with Gasteiger partial charge in [-0.25, -0.2) is 4.90 Å². The van der Waals surface area contributed by atoms with Crippen LogP contribution < -0.4 is 10.2 Å². The quantitative estimate of drug-likeness (QED) is 0.337. The van der Waals surface area contributed by atoms with Crippen LogP contribution in [0.2, 0.25) is 5.02 Å². The molecule has 0 atom stereocenters. The predicted molar refractivity (Wildman–Crippen MR) is 141 cm³/mol. The maximum absolute atomic E-state index is 13.6. The Kier molecular flexibility index (Phi) is 7.44. The summed E-state index contributed by atoms with van der Waals surface area (Å²) in [7, 11) is 0. The number of aryl methyl sites for hydroxylation is 2. The highest BCUT2D eigenvalue weighted by Crippen LogP contribution is 2.38. The van der Waals surface area contributed by atoms with Gasteiger partial charge in [-0.3, -0.25) is 9.59 Å². The molecule has 0 aromatic heterocycles. The van der Waals surface area contributed by atoms with Crippen LogP contribution in [0.4, 0.5) is 11.4 Å². The molecule has 1 aliphatic rings. The zero-order chi connectivity index (χ0) is 24.2. The SMILES string of the molecule is CCCCc1ccc(N2C(=O)C(Nc3cccc(C)c3C)=C(Sc3ccc(Cl)cc3)C2=O)cc1. The van der Waals surface area contributed by atoms with E-state index in [4.69, 9.17) is 11.6 Å². The molecule has 4 nitrogen and oxygen atoms in total. The highest BCUT2D eigenvalue weighted by atomic mass is 35.5. The van der Waals surface area contributed by atoms with Crippen LogP contribution in [0.3, 0.4) is 0 Å². The molecule has 0 aliphatic carbocycles. The summed E-state index contributed by atoms with van der Waals surface area (Å²) < 4.78 is 0. The fourth-order valence-electron chi connectivity index (χ4n) is 3.78. The third kappa shape index (κ3) is 5.06. The van der Waals surface area contributed by atoms with E-state index in [2.05, 4.69) is 12.2 Å². The van der Waals surface area contributed by atoms with Crippen LogP contribution >= 0.6 is 23.4 Å². The summed E-state index contributed by atoms with van der Waals surface area (Å²) in [5.41, 5.74) is 5.00. The molecule has 0 radical (unpaired) electrons. The van der Waals surface area contributed by atoms with Gasteiger partial charge in [-0.05, 0) is 85.8 Å². The molecule has 0 saturated heterocycles. The molecular weight excluding hydrogens is 464 g/mol. The number of thioether (sulfide) groups is 1. The molecule has 3 aromatic carbocycles. The molecule has 0 bridgehead atoms. The normalized spacial score (nSPS) is 13.7. The fourth-order valence-corrected chi connectivity index (χ4v) is 4.84. The summed E-state index contributed by atoms with van der Waals surface area (Å²) in [6.45, 7) is 6.18. The van der Waals surface area contributed by atoms with E-state index >= 15 is 0 Å². The average molecular weight is 491 g/mol. The van der Waals surface area contributed by atoms with Crippen LogP contribution in [-0.2, 0) is 16.0 Å². The first-order chi connectivity index (χ1) is 16.4. The maximum atomic E-state index is 13.6. The second kappa shape index (κ2) is 10.5. The first-order valence-corrected chi connectivity index (χ1v) is 12.6. The summed E-state index contributed by atoms with van der Waals surface area (Å²) >= 11 is 7.30. The largest absolute Gasteiger partial charge is 0.350 e. The molecule has 1 aliphatic heterocycles. The van der Waals surface area contributed by atoms with Crippen molar-refractivity contribution in [3.63, 3.8) is 0 Å². The van der Waals surface area contributed by atoms with Crippen molar-refractivity contribution < 1.29 is 9.59 Å². The highest BCUT2D eigenvalue weighted by Gasteiger charge is 2.40. The van der Waals surface area contributed by atoms with E-state index in [0.717, 1.165) is 41.0 Å². The van der Waals surface area contributed by atoms with Crippen LogP contribution in [0.1, 0.15) is 36.5 Å². The van der Waals surface area contributed by atoms with Gasteiger partial charge in [0.15, 0.2) is 0 Å². The maximum Gasteiger partial charge on any atom is 0.283 e. The topological polar surface area (TPSA) is 49.4 Å². The van der Waals surface area contributed by atoms with Gasteiger partial charge in [0.25, 0.3) is 11.8 Å². The van der Waals surface area contributed by atoms with Gasteiger partial charge in [-0.1, -0.05) is 61.0 Å². The molecule has 2 amide bonds. The van der Waals surface area contributed by atoms with E-state index in [0.29, 0.717) is 15.6 Å². The molecule has 34 heavy (non-hydrogen) atoms. The minimum absolute atomic E-state index is 0.286. The number of rotatable bonds is 8. The van der Waals surface area contributed by atoms with Crippen LogP contribution in [0.25, 0.3) is 0 Å². The smallest absolute Gasteiger partial charge is 0.283 e. The number of halogens is 1. The Morgan fingerprint density at radius 1 is 0.912 bits per heavy atom. The molecule has 0 unspecified atom stereocenters. The second-order valence-corrected chi connectivity index (χ2v) is 9.87. The average Bonchev–Trinajstić information content (AvgIpc) is 3.06. The van der Waals surface area contributed by atoms with Gasteiger partial charge in [0, 0.05) is 15.6 Å². The van der Waals surface area contributed by atoms with Gasteiger partial charge >= 0.3 is 0 Å². The van der Waals surface area contributed by atoms with Crippen molar-refractivity contribution in [3.05, 3.63) is 99.0 Å².